The molecule has 0 bridgehead atoms. The second-order valence-corrected chi connectivity index (χ2v) is 7.30. The smallest absolute Gasteiger partial charge is 0.315 e. The predicted molar refractivity (Wildman–Crippen MR) is 112 cm³/mol. The molecule has 2 aromatic carbocycles. The van der Waals surface area contributed by atoms with E-state index in [1.807, 2.05) is 30.3 Å². The summed E-state index contributed by atoms with van der Waals surface area (Å²) in [6.45, 7) is 1.84. The van der Waals surface area contributed by atoms with Crippen LogP contribution in [0.5, 0.6) is 0 Å². The van der Waals surface area contributed by atoms with Gasteiger partial charge in [-0.2, -0.15) is 0 Å². The summed E-state index contributed by atoms with van der Waals surface area (Å²) in [7, 11) is 0. The van der Waals surface area contributed by atoms with Gasteiger partial charge in [0.25, 0.3) is 0 Å². The van der Waals surface area contributed by atoms with Crippen LogP contribution in [0.2, 0.25) is 0 Å². The van der Waals surface area contributed by atoms with Gasteiger partial charge in [-0.1, -0.05) is 43.2 Å². The molecule has 3 rings (SSSR count). The van der Waals surface area contributed by atoms with Gasteiger partial charge < -0.3 is 21.3 Å². The van der Waals surface area contributed by atoms with E-state index in [1.54, 1.807) is 24.3 Å². The molecule has 0 aromatic heterocycles. The summed E-state index contributed by atoms with van der Waals surface area (Å²) >= 11 is 0. The van der Waals surface area contributed by atoms with Crippen LogP contribution >= 0.6 is 0 Å². The fraction of sp³-hybridized carbons (Fsp3) is 0.318. The highest BCUT2D eigenvalue weighted by Crippen LogP contribution is 2.31. The summed E-state index contributed by atoms with van der Waals surface area (Å²) in [5.74, 6) is -0.380. The average molecular weight is 394 g/mol. The summed E-state index contributed by atoms with van der Waals surface area (Å²) < 4.78 is 0. The van der Waals surface area contributed by atoms with Crippen LogP contribution in [0.15, 0.2) is 54.6 Å². The van der Waals surface area contributed by atoms with Gasteiger partial charge in [-0.15, -0.1) is 0 Å². The number of benzene rings is 2. The molecule has 0 heterocycles. The van der Waals surface area contributed by atoms with Crippen molar-refractivity contribution in [3.8, 4) is 0 Å². The van der Waals surface area contributed by atoms with Gasteiger partial charge in [-0.3, -0.25) is 9.59 Å². The van der Waals surface area contributed by atoms with Crippen molar-refractivity contribution >= 4 is 29.2 Å². The molecule has 0 saturated heterocycles. The fourth-order valence-electron chi connectivity index (χ4n) is 3.52. The molecule has 4 N–H and O–H groups in total. The van der Waals surface area contributed by atoms with E-state index >= 15 is 0 Å². The number of carbonyl (C=O) groups excluding carboxylic acids is 3. The topological polar surface area (TPSA) is 99.3 Å². The van der Waals surface area contributed by atoms with Gasteiger partial charge in [0.05, 0.1) is 0 Å². The number of amides is 4. The molecule has 0 radical (unpaired) electrons. The predicted octanol–water partition coefficient (Wildman–Crippen LogP) is 3.40. The van der Waals surface area contributed by atoms with E-state index in [9.17, 15) is 14.4 Å². The van der Waals surface area contributed by atoms with Crippen LogP contribution in [-0.2, 0) is 16.1 Å². The first kappa shape index (κ1) is 20.4. The Morgan fingerprint density at radius 3 is 2.03 bits per heavy atom. The van der Waals surface area contributed by atoms with E-state index in [0.717, 1.165) is 18.4 Å². The van der Waals surface area contributed by atoms with Gasteiger partial charge in [-0.05, 0) is 42.7 Å². The normalized spacial score (nSPS) is 14.7. The van der Waals surface area contributed by atoms with E-state index < -0.39 is 5.54 Å². The van der Waals surface area contributed by atoms with Crippen LogP contribution in [0.4, 0.5) is 16.2 Å². The summed E-state index contributed by atoms with van der Waals surface area (Å²) in [5.41, 5.74) is 1.34. The lowest BCUT2D eigenvalue weighted by molar-refractivity contribution is -0.122. The van der Waals surface area contributed by atoms with Crippen molar-refractivity contribution in [1.29, 1.82) is 0 Å². The molecule has 1 aliphatic carbocycles. The zero-order chi connectivity index (χ0) is 20.7. The SMILES string of the molecule is CC(=O)Nc1ccc(NC(=O)C2(NC(=O)NCc3ccccc3)CCCC2)cc1. The minimum Gasteiger partial charge on any atom is -0.334 e. The lowest BCUT2D eigenvalue weighted by Crippen LogP contribution is -2.57. The van der Waals surface area contributed by atoms with Crippen molar-refractivity contribution in [3.63, 3.8) is 0 Å². The number of rotatable bonds is 6. The minimum atomic E-state index is -0.920. The molecule has 7 heteroatoms. The van der Waals surface area contributed by atoms with Crippen LogP contribution in [0, 0.1) is 0 Å². The molecule has 29 heavy (non-hydrogen) atoms. The van der Waals surface area contributed by atoms with Crippen LogP contribution in [0.3, 0.4) is 0 Å². The van der Waals surface area contributed by atoms with Crippen molar-refractivity contribution in [1.82, 2.24) is 10.6 Å². The number of urea groups is 1. The Bertz CT molecular complexity index is 859. The van der Waals surface area contributed by atoms with Crippen LogP contribution < -0.4 is 21.3 Å². The Hall–Kier alpha value is -3.35. The van der Waals surface area contributed by atoms with Crippen molar-refractivity contribution in [3.05, 3.63) is 60.2 Å². The molecule has 0 aliphatic heterocycles. The van der Waals surface area contributed by atoms with Gasteiger partial charge in [0.15, 0.2) is 0 Å². The third-order valence-electron chi connectivity index (χ3n) is 5.00. The molecule has 0 atom stereocenters. The first-order chi connectivity index (χ1) is 14.0. The summed E-state index contributed by atoms with van der Waals surface area (Å²) in [5, 5.41) is 11.3. The van der Waals surface area contributed by atoms with E-state index in [2.05, 4.69) is 21.3 Å². The Morgan fingerprint density at radius 1 is 0.862 bits per heavy atom. The van der Waals surface area contributed by atoms with Gasteiger partial charge in [0.2, 0.25) is 11.8 Å². The van der Waals surface area contributed by atoms with Crippen molar-refractivity contribution in [2.24, 2.45) is 0 Å². The van der Waals surface area contributed by atoms with E-state index in [1.165, 1.54) is 6.92 Å². The van der Waals surface area contributed by atoms with E-state index in [0.29, 0.717) is 30.8 Å². The van der Waals surface area contributed by atoms with Crippen molar-refractivity contribution in [2.75, 3.05) is 10.6 Å². The zero-order valence-electron chi connectivity index (χ0n) is 16.5. The first-order valence-corrected chi connectivity index (χ1v) is 9.76. The summed E-state index contributed by atoms with van der Waals surface area (Å²) in [6, 6.07) is 16.2. The standard InChI is InChI=1S/C22H26N4O3/c1-16(27)24-18-9-11-19(12-10-18)25-20(28)22(13-5-6-14-22)26-21(29)23-15-17-7-3-2-4-8-17/h2-4,7-12H,5-6,13-15H2,1H3,(H,24,27)(H,25,28)(H2,23,26,29). The number of carbonyl (C=O) groups is 3. The highest BCUT2D eigenvalue weighted by atomic mass is 16.2. The fourth-order valence-corrected chi connectivity index (χ4v) is 3.52. The van der Waals surface area contributed by atoms with Crippen molar-refractivity contribution in [2.45, 2.75) is 44.7 Å². The molecule has 0 spiro atoms. The Labute approximate surface area is 170 Å². The molecule has 1 saturated carbocycles. The highest BCUT2D eigenvalue weighted by Gasteiger charge is 2.42. The Morgan fingerprint density at radius 2 is 1.45 bits per heavy atom. The molecule has 1 aliphatic rings. The number of nitrogens with one attached hydrogen (secondary N) is 4. The van der Waals surface area contributed by atoms with Crippen LogP contribution in [-0.4, -0.2) is 23.4 Å². The third kappa shape index (κ3) is 5.57. The molecule has 152 valence electrons. The zero-order valence-corrected chi connectivity index (χ0v) is 16.5. The number of hydrogen-bond acceptors (Lipinski definition) is 3. The molecular weight excluding hydrogens is 368 g/mol. The quantitative estimate of drug-likeness (QED) is 0.604. The first-order valence-electron chi connectivity index (χ1n) is 9.76. The highest BCUT2D eigenvalue weighted by molar-refractivity contribution is 6.00. The molecule has 1 fully saturated rings. The summed E-state index contributed by atoms with van der Waals surface area (Å²) in [6.07, 6.45) is 2.96. The third-order valence-corrected chi connectivity index (χ3v) is 5.00. The molecule has 0 unspecified atom stereocenters. The Balaban J connectivity index is 1.60. The van der Waals surface area contributed by atoms with Gasteiger partial charge in [0, 0.05) is 24.8 Å². The maximum absolute atomic E-state index is 13.0. The minimum absolute atomic E-state index is 0.155. The van der Waals surface area contributed by atoms with Gasteiger partial charge in [-0.25, -0.2) is 4.79 Å². The maximum Gasteiger partial charge on any atom is 0.315 e. The largest absolute Gasteiger partial charge is 0.334 e. The molecular formula is C22H26N4O3. The van der Waals surface area contributed by atoms with E-state index in [4.69, 9.17) is 0 Å². The Kier molecular flexibility index (Phi) is 6.49. The second-order valence-electron chi connectivity index (χ2n) is 7.30. The second kappa shape index (κ2) is 9.23. The van der Waals surface area contributed by atoms with Crippen LogP contribution in [0.1, 0.15) is 38.2 Å². The molecule has 4 amide bonds. The van der Waals surface area contributed by atoms with Gasteiger partial charge in [0.1, 0.15) is 5.54 Å². The number of anilines is 2. The lowest BCUT2D eigenvalue weighted by atomic mass is 9.96. The number of hydrogen-bond donors (Lipinski definition) is 4. The molecule has 7 nitrogen and oxygen atoms in total. The average Bonchev–Trinajstić information content (AvgIpc) is 3.18. The maximum atomic E-state index is 13.0. The lowest BCUT2D eigenvalue weighted by Gasteiger charge is -2.29. The summed E-state index contributed by atoms with van der Waals surface area (Å²) in [4.78, 5) is 36.5. The van der Waals surface area contributed by atoms with E-state index in [-0.39, 0.29) is 17.8 Å². The van der Waals surface area contributed by atoms with Gasteiger partial charge >= 0.3 is 6.03 Å². The molecule has 2 aromatic rings. The van der Waals surface area contributed by atoms with Crippen molar-refractivity contribution < 1.29 is 14.4 Å². The van der Waals surface area contributed by atoms with Crippen LogP contribution in [0.25, 0.3) is 0 Å². The monoisotopic (exact) mass is 394 g/mol.